The summed E-state index contributed by atoms with van der Waals surface area (Å²) in [7, 11) is 0. The zero-order valence-corrected chi connectivity index (χ0v) is 16.7. The molecule has 0 aromatic heterocycles. The number of hydrogen-bond acceptors (Lipinski definition) is 8. The van der Waals surface area contributed by atoms with Gasteiger partial charge in [-0.1, -0.05) is 0 Å². The number of nitrogens with zero attached hydrogens (tertiary/aromatic N) is 1. The summed E-state index contributed by atoms with van der Waals surface area (Å²) in [5.41, 5.74) is 15.9. The molecule has 0 fully saturated rings. The van der Waals surface area contributed by atoms with Gasteiger partial charge in [-0.05, 0) is 19.3 Å². The van der Waals surface area contributed by atoms with Crippen molar-refractivity contribution >= 4 is 35.6 Å². The van der Waals surface area contributed by atoms with Gasteiger partial charge in [0.1, 0.15) is 24.7 Å². The fourth-order valence-electron chi connectivity index (χ4n) is 2.23. The summed E-state index contributed by atoms with van der Waals surface area (Å²) in [4.78, 5) is 62.0. The zero-order chi connectivity index (χ0) is 24.0. The molecule has 0 rings (SSSR count). The molecule has 0 spiro atoms. The van der Waals surface area contributed by atoms with Crippen LogP contribution >= 0.6 is 0 Å². The quantitative estimate of drug-likeness (QED) is 0.0654. The van der Waals surface area contributed by atoms with Crippen molar-refractivity contribution in [2.24, 2.45) is 22.2 Å². The first-order chi connectivity index (χ1) is 14.5. The van der Waals surface area contributed by atoms with Crippen LogP contribution in [0.25, 0.3) is 0 Å². The van der Waals surface area contributed by atoms with Crippen LogP contribution in [0.2, 0.25) is 0 Å². The average molecular weight is 447 g/mol. The van der Waals surface area contributed by atoms with Gasteiger partial charge in [0.05, 0.1) is 6.61 Å². The molecule has 3 unspecified atom stereocenters. The molecule has 176 valence electrons. The van der Waals surface area contributed by atoms with Crippen LogP contribution in [-0.2, 0) is 24.0 Å². The SMILES string of the molecule is NC(N)=NCCCC(NC(=O)C(N)CO)C(=O)NC(CCC(=O)O)C(=O)NCC(=O)O. The van der Waals surface area contributed by atoms with Crippen LogP contribution in [0.15, 0.2) is 4.99 Å². The molecule has 0 aromatic carbocycles. The summed E-state index contributed by atoms with van der Waals surface area (Å²) >= 11 is 0. The summed E-state index contributed by atoms with van der Waals surface area (Å²) in [5, 5.41) is 33.2. The number of rotatable bonds is 15. The Balaban J connectivity index is 5.32. The molecule has 0 aliphatic carbocycles. The number of carbonyl (C=O) groups excluding carboxylic acids is 3. The number of hydrogen-bond donors (Lipinski definition) is 9. The van der Waals surface area contributed by atoms with E-state index in [9.17, 15) is 24.0 Å². The van der Waals surface area contributed by atoms with E-state index in [-0.39, 0.29) is 31.8 Å². The van der Waals surface area contributed by atoms with E-state index < -0.39 is 67.4 Å². The van der Waals surface area contributed by atoms with Crippen LogP contribution in [-0.4, -0.2) is 88.8 Å². The van der Waals surface area contributed by atoms with Gasteiger partial charge in [0, 0.05) is 13.0 Å². The van der Waals surface area contributed by atoms with Crippen LogP contribution in [0.4, 0.5) is 0 Å². The van der Waals surface area contributed by atoms with E-state index in [1.807, 2.05) is 0 Å². The third-order valence-corrected chi connectivity index (χ3v) is 3.81. The van der Waals surface area contributed by atoms with Crippen LogP contribution in [0.3, 0.4) is 0 Å². The van der Waals surface area contributed by atoms with Crippen molar-refractivity contribution in [3.05, 3.63) is 0 Å². The van der Waals surface area contributed by atoms with E-state index in [1.165, 1.54) is 0 Å². The second-order valence-electron chi connectivity index (χ2n) is 6.40. The van der Waals surface area contributed by atoms with E-state index in [0.717, 1.165) is 0 Å². The second kappa shape index (κ2) is 14.5. The maximum atomic E-state index is 12.7. The number of aliphatic hydroxyl groups is 1. The second-order valence-corrected chi connectivity index (χ2v) is 6.40. The maximum absolute atomic E-state index is 12.7. The number of aliphatic imine (C=N–C) groups is 1. The van der Waals surface area contributed by atoms with E-state index >= 15 is 0 Å². The van der Waals surface area contributed by atoms with Crippen LogP contribution in [0, 0.1) is 0 Å². The van der Waals surface area contributed by atoms with Crippen molar-refractivity contribution < 1.29 is 39.3 Å². The normalized spacial score (nSPS) is 13.2. The predicted molar refractivity (Wildman–Crippen MR) is 106 cm³/mol. The average Bonchev–Trinajstić information content (AvgIpc) is 2.69. The van der Waals surface area contributed by atoms with E-state index in [0.29, 0.717) is 0 Å². The number of carboxylic acid groups (broad SMARTS) is 2. The lowest BCUT2D eigenvalue weighted by atomic mass is 10.1. The molecular weight excluding hydrogens is 418 g/mol. The molecule has 0 aliphatic heterocycles. The highest BCUT2D eigenvalue weighted by Crippen LogP contribution is 2.04. The first-order valence-corrected chi connectivity index (χ1v) is 9.21. The van der Waals surface area contributed by atoms with Crippen LogP contribution in [0.5, 0.6) is 0 Å². The van der Waals surface area contributed by atoms with Crippen molar-refractivity contribution in [2.75, 3.05) is 19.7 Å². The summed E-state index contributed by atoms with van der Waals surface area (Å²) in [6.45, 7) is -1.27. The molecule has 12 N–H and O–H groups in total. The Labute approximate surface area is 177 Å². The van der Waals surface area contributed by atoms with Gasteiger partial charge in [-0.25, -0.2) is 0 Å². The van der Waals surface area contributed by atoms with Crippen molar-refractivity contribution in [1.82, 2.24) is 16.0 Å². The van der Waals surface area contributed by atoms with Crippen LogP contribution < -0.4 is 33.2 Å². The van der Waals surface area contributed by atoms with Gasteiger partial charge in [-0.15, -0.1) is 0 Å². The zero-order valence-electron chi connectivity index (χ0n) is 16.7. The molecule has 0 aromatic rings. The predicted octanol–water partition coefficient (Wildman–Crippen LogP) is -4.61. The Morgan fingerprint density at radius 1 is 0.871 bits per heavy atom. The highest BCUT2D eigenvalue weighted by atomic mass is 16.4. The Morgan fingerprint density at radius 2 is 1.45 bits per heavy atom. The van der Waals surface area contributed by atoms with Gasteiger partial charge >= 0.3 is 11.9 Å². The minimum absolute atomic E-state index is 0.0227. The Morgan fingerprint density at radius 3 is 1.97 bits per heavy atom. The van der Waals surface area contributed by atoms with E-state index in [4.69, 9.17) is 32.5 Å². The molecule has 0 saturated heterocycles. The Hall–Kier alpha value is -3.46. The highest BCUT2D eigenvalue weighted by molar-refractivity contribution is 5.93. The smallest absolute Gasteiger partial charge is 0.322 e. The number of nitrogens with two attached hydrogens (primary N) is 3. The first kappa shape index (κ1) is 27.5. The van der Waals surface area contributed by atoms with Gasteiger partial charge in [-0.3, -0.25) is 29.0 Å². The summed E-state index contributed by atoms with van der Waals surface area (Å²) in [6.07, 6.45) is -0.537. The van der Waals surface area contributed by atoms with Crippen molar-refractivity contribution in [3.8, 4) is 0 Å². The largest absolute Gasteiger partial charge is 0.481 e. The molecule has 0 radical (unpaired) electrons. The van der Waals surface area contributed by atoms with Crippen molar-refractivity contribution in [1.29, 1.82) is 0 Å². The van der Waals surface area contributed by atoms with Gasteiger partial charge in [-0.2, -0.15) is 0 Å². The van der Waals surface area contributed by atoms with Crippen LogP contribution in [0.1, 0.15) is 25.7 Å². The van der Waals surface area contributed by atoms with Gasteiger partial charge in [0.25, 0.3) is 0 Å². The summed E-state index contributed by atoms with van der Waals surface area (Å²) < 4.78 is 0. The molecule has 31 heavy (non-hydrogen) atoms. The van der Waals surface area contributed by atoms with Gasteiger partial charge in [0.2, 0.25) is 17.7 Å². The van der Waals surface area contributed by atoms with Crippen molar-refractivity contribution in [3.63, 3.8) is 0 Å². The lowest BCUT2D eigenvalue weighted by Gasteiger charge is -2.23. The lowest BCUT2D eigenvalue weighted by Crippen LogP contribution is -2.56. The summed E-state index contributed by atoms with van der Waals surface area (Å²) in [6, 6.07) is -3.87. The molecule has 15 nitrogen and oxygen atoms in total. The first-order valence-electron chi connectivity index (χ1n) is 9.21. The molecular formula is C16H29N7O8. The molecule has 0 saturated carbocycles. The van der Waals surface area contributed by atoms with Gasteiger partial charge < -0.3 is 48.5 Å². The molecule has 0 bridgehead atoms. The number of aliphatic hydroxyl groups excluding tert-OH is 1. The van der Waals surface area contributed by atoms with E-state index in [2.05, 4.69) is 20.9 Å². The number of aliphatic carboxylic acids is 2. The molecule has 15 heteroatoms. The monoisotopic (exact) mass is 447 g/mol. The number of guanidine groups is 1. The standard InChI is InChI=1S/C16H29N7O8/c17-8(7-24)13(29)22-9(2-1-5-20-16(18)19)15(31)23-10(3-4-11(25)26)14(30)21-6-12(27)28/h8-10,24H,1-7,17H2,(H,21,30)(H,22,29)(H,23,31)(H,25,26)(H,27,28)(H4,18,19,20). The van der Waals surface area contributed by atoms with E-state index in [1.54, 1.807) is 0 Å². The number of carboxylic acids is 2. The Kier molecular flexibility index (Phi) is 12.9. The third kappa shape index (κ3) is 12.7. The van der Waals surface area contributed by atoms with Gasteiger partial charge in [0.15, 0.2) is 5.96 Å². The third-order valence-electron chi connectivity index (χ3n) is 3.81. The topological polar surface area (TPSA) is 273 Å². The molecule has 3 atom stereocenters. The molecule has 3 amide bonds. The molecule has 0 heterocycles. The summed E-state index contributed by atoms with van der Waals surface area (Å²) in [5.74, 6) is -5.32. The minimum atomic E-state index is -1.37. The lowest BCUT2D eigenvalue weighted by molar-refractivity contribution is -0.140. The minimum Gasteiger partial charge on any atom is -0.481 e. The highest BCUT2D eigenvalue weighted by Gasteiger charge is 2.28. The fraction of sp³-hybridized carbons (Fsp3) is 0.625. The fourth-order valence-corrected chi connectivity index (χ4v) is 2.23. The number of carbonyl (C=O) groups is 5. The molecule has 0 aliphatic rings. The van der Waals surface area contributed by atoms with Crippen molar-refractivity contribution in [2.45, 2.75) is 43.8 Å². The Bertz CT molecular complexity index is 681. The number of nitrogens with one attached hydrogen (secondary N) is 3. The number of amides is 3. The maximum Gasteiger partial charge on any atom is 0.322 e.